The summed E-state index contributed by atoms with van der Waals surface area (Å²) >= 11 is 0. The predicted molar refractivity (Wildman–Crippen MR) is 123 cm³/mol. The van der Waals surface area contributed by atoms with Gasteiger partial charge in [0.2, 0.25) is 5.91 Å². The van der Waals surface area contributed by atoms with Crippen LogP contribution in [0, 0.1) is 17.5 Å². The highest BCUT2D eigenvalue weighted by Crippen LogP contribution is 2.25. The quantitative estimate of drug-likeness (QED) is 0.484. The molecule has 0 saturated carbocycles. The SMILES string of the molecule is CC(C)c1ccc(NC(=O)N2CCC[C@@H]2C(=O)Nc2ccn(-c3cc(F)c(O)c(F)c3)n2)cc1F. The van der Waals surface area contributed by atoms with E-state index in [4.69, 9.17) is 0 Å². The first-order valence-corrected chi connectivity index (χ1v) is 11.1. The Kier molecular flexibility index (Phi) is 6.68. The Bertz CT molecular complexity index is 1250. The summed E-state index contributed by atoms with van der Waals surface area (Å²) in [5.41, 5.74) is 0.838. The smallest absolute Gasteiger partial charge is 0.322 e. The fourth-order valence-electron chi connectivity index (χ4n) is 3.98. The number of phenols is 1. The number of rotatable bonds is 5. The fraction of sp³-hybridized carbons (Fsp3) is 0.292. The standard InChI is InChI=1S/C24H24F3N5O3/c1-13(2)16-6-5-14(10-17(16)25)28-24(35)31-8-3-4-20(31)23(34)29-21-7-9-32(30-21)15-11-18(26)22(33)19(27)12-15/h5-7,9-13,20,33H,3-4,8H2,1-2H3,(H,28,35)(H,29,30,34)/t20-/m1/s1. The van der Waals surface area contributed by atoms with Gasteiger partial charge in [0.1, 0.15) is 11.9 Å². The van der Waals surface area contributed by atoms with Crippen LogP contribution in [0.2, 0.25) is 0 Å². The van der Waals surface area contributed by atoms with E-state index < -0.39 is 41.2 Å². The second-order valence-corrected chi connectivity index (χ2v) is 8.57. The number of carbonyl (C=O) groups is 2. The van der Waals surface area contributed by atoms with Gasteiger partial charge >= 0.3 is 6.03 Å². The Balaban J connectivity index is 1.43. The van der Waals surface area contributed by atoms with Gasteiger partial charge in [-0.2, -0.15) is 5.10 Å². The molecule has 35 heavy (non-hydrogen) atoms. The van der Waals surface area contributed by atoms with Crippen molar-refractivity contribution in [1.82, 2.24) is 14.7 Å². The number of benzene rings is 2. The molecule has 3 N–H and O–H groups in total. The summed E-state index contributed by atoms with van der Waals surface area (Å²) in [4.78, 5) is 27.0. The van der Waals surface area contributed by atoms with Crippen molar-refractivity contribution < 1.29 is 27.9 Å². The highest BCUT2D eigenvalue weighted by molar-refractivity contribution is 5.99. The maximum atomic E-state index is 14.3. The molecule has 1 aliphatic rings. The Morgan fingerprint density at radius 2 is 1.77 bits per heavy atom. The third-order valence-corrected chi connectivity index (χ3v) is 5.80. The maximum absolute atomic E-state index is 14.3. The van der Waals surface area contributed by atoms with Crippen LogP contribution in [0.25, 0.3) is 5.69 Å². The summed E-state index contributed by atoms with van der Waals surface area (Å²) in [6.45, 7) is 4.08. The van der Waals surface area contributed by atoms with Crippen LogP contribution in [0.1, 0.15) is 38.2 Å². The van der Waals surface area contributed by atoms with Gasteiger partial charge in [0.25, 0.3) is 0 Å². The summed E-state index contributed by atoms with van der Waals surface area (Å²) in [7, 11) is 0. The molecule has 8 nitrogen and oxygen atoms in total. The normalized spacial score (nSPS) is 15.5. The van der Waals surface area contributed by atoms with Crippen molar-refractivity contribution in [3.63, 3.8) is 0 Å². The van der Waals surface area contributed by atoms with Crippen LogP contribution < -0.4 is 10.6 Å². The number of nitrogens with one attached hydrogen (secondary N) is 2. The molecule has 11 heteroatoms. The van der Waals surface area contributed by atoms with Crippen molar-refractivity contribution >= 4 is 23.4 Å². The number of hydrogen-bond donors (Lipinski definition) is 3. The second-order valence-electron chi connectivity index (χ2n) is 8.57. The molecule has 3 aromatic rings. The second kappa shape index (κ2) is 9.69. The third kappa shape index (κ3) is 5.08. The molecule has 0 spiro atoms. The molecule has 3 amide bonds. The van der Waals surface area contributed by atoms with E-state index in [1.54, 1.807) is 12.1 Å². The molecule has 0 unspecified atom stereocenters. The van der Waals surface area contributed by atoms with E-state index in [1.165, 1.54) is 23.2 Å². The summed E-state index contributed by atoms with van der Waals surface area (Å²) in [6.07, 6.45) is 2.41. The summed E-state index contributed by atoms with van der Waals surface area (Å²) < 4.78 is 42.7. The Morgan fingerprint density at radius 1 is 1.06 bits per heavy atom. The van der Waals surface area contributed by atoms with Gasteiger partial charge in [-0.1, -0.05) is 19.9 Å². The van der Waals surface area contributed by atoms with E-state index in [2.05, 4.69) is 15.7 Å². The number of urea groups is 1. The van der Waals surface area contributed by atoms with E-state index in [0.717, 1.165) is 16.8 Å². The summed E-state index contributed by atoms with van der Waals surface area (Å²) in [5.74, 6) is -4.17. The van der Waals surface area contributed by atoms with Crippen molar-refractivity contribution in [2.45, 2.75) is 38.6 Å². The van der Waals surface area contributed by atoms with E-state index in [9.17, 15) is 27.9 Å². The zero-order valence-electron chi connectivity index (χ0n) is 19.1. The lowest BCUT2D eigenvalue weighted by atomic mass is 10.0. The number of aromatic hydroxyl groups is 1. The monoisotopic (exact) mass is 487 g/mol. The average Bonchev–Trinajstić information content (AvgIpc) is 3.47. The average molecular weight is 487 g/mol. The number of amides is 3. The minimum absolute atomic E-state index is 0.00183. The maximum Gasteiger partial charge on any atom is 0.322 e. The number of anilines is 2. The van der Waals surface area contributed by atoms with E-state index in [1.807, 2.05) is 13.8 Å². The van der Waals surface area contributed by atoms with Crippen LogP contribution in [0.3, 0.4) is 0 Å². The zero-order chi connectivity index (χ0) is 25.3. The van der Waals surface area contributed by atoms with Crippen LogP contribution in [-0.2, 0) is 4.79 Å². The van der Waals surface area contributed by atoms with Crippen molar-refractivity contribution in [3.05, 3.63) is 65.6 Å². The molecule has 1 atom stereocenters. The largest absolute Gasteiger partial charge is 0.503 e. The van der Waals surface area contributed by atoms with Crippen LogP contribution >= 0.6 is 0 Å². The molecule has 0 aliphatic carbocycles. The Hall–Kier alpha value is -4.02. The van der Waals surface area contributed by atoms with E-state index in [0.29, 0.717) is 24.9 Å². The first kappa shape index (κ1) is 24.1. The molecule has 1 aromatic heterocycles. The van der Waals surface area contributed by atoms with Crippen LogP contribution in [-0.4, -0.2) is 44.3 Å². The summed E-state index contributed by atoms with van der Waals surface area (Å²) in [6, 6.07) is 6.41. The number of phenolic OH excluding ortho intramolecular Hbond substituents is 1. The molecular weight excluding hydrogens is 463 g/mol. The van der Waals surface area contributed by atoms with Gasteiger partial charge in [0.15, 0.2) is 23.2 Å². The van der Waals surface area contributed by atoms with Gasteiger partial charge in [-0.15, -0.1) is 0 Å². The van der Waals surface area contributed by atoms with Crippen molar-refractivity contribution in [2.24, 2.45) is 0 Å². The van der Waals surface area contributed by atoms with Crippen molar-refractivity contribution in [3.8, 4) is 11.4 Å². The first-order valence-electron chi connectivity index (χ1n) is 11.1. The molecule has 0 radical (unpaired) electrons. The molecule has 4 rings (SSSR count). The molecule has 1 saturated heterocycles. The Morgan fingerprint density at radius 3 is 2.43 bits per heavy atom. The highest BCUT2D eigenvalue weighted by Gasteiger charge is 2.34. The lowest BCUT2D eigenvalue weighted by Crippen LogP contribution is -2.45. The van der Waals surface area contributed by atoms with E-state index >= 15 is 0 Å². The minimum atomic E-state index is -1.15. The van der Waals surface area contributed by atoms with Crippen LogP contribution in [0.15, 0.2) is 42.6 Å². The zero-order valence-corrected chi connectivity index (χ0v) is 19.1. The third-order valence-electron chi connectivity index (χ3n) is 5.80. The molecule has 0 bridgehead atoms. The number of nitrogens with zero attached hydrogens (tertiary/aromatic N) is 3. The van der Waals surface area contributed by atoms with Crippen molar-refractivity contribution in [2.75, 3.05) is 17.2 Å². The Labute approximate surface area is 199 Å². The molecule has 2 aromatic carbocycles. The van der Waals surface area contributed by atoms with Crippen LogP contribution in [0.5, 0.6) is 5.75 Å². The molecule has 184 valence electrons. The molecular formula is C24H24F3N5O3. The molecule has 1 fully saturated rings. The number of halogens is 3. The predicted octanol–water partition coefficient (Wildman–Crippen LogP) is 4.75. The lowest BCUT2D eigenvalue weighted by Gasteiger charge is -2.24. The topological polar surface area (TPSA) is 99.5 Å². The van der Waals surface area contributed by atoms with Gasteiger partial charge < -0.3 is 20.6 Å². The molecule has 1 aliphatic heterocycles. The van der Waals surface area contributed by atoms with Gasteiger partial charge in [0.05, 0.1) is 5.69 Å². The van der Waals surface area contributed by atoms with Gasteiger partial charge in [-0.25, -0.2) is 22.6 Å². The molecule has 2 heterocycles. The number of aromatic nitrogens is 2. The van der Waals surface area contributed by atoms with Crippen molar-refractivity contribution in [1.29, 1.82) is 0 Å². The lowest BCUT2D eigenvalue weighted by molar-refractivity contribution is -0.119. The van der Waals surface area contributed by atoms with Gasteiger partial charge in [-0.3, -0.25) is 4.79 Å². The minimum Gasteiger partial charge on any atom is -0.503 e. The number of carbonyl (C=O) groups excluding carboxylic acids is 2. The van der Waals surface area contributed by atoms with Crippen LogP contribution in [0.4, 0.5) is 29.5 Å². The van der Waals surface area contributed by atoms with Gasteiger partial charge in [-0.05, 0) is 36.5 Å². The summed E-state index contributed by atoms with van der Waals surface area (Å²) in [5, 5.41) is 18.6. The van der Waals surface area contributed by atoms with Gasteiger partial charge in [0, 0.05) is 36.6 Å². The highest BCUT2D eigenvalue weighted by atomic mass is 19.1. The number of likely N-dealkylation sites (tertiary alicyclic amines) is 1. The number of hydrogen-bond acceptors (Lipinski definition) is 4. The van der Waals surface area contributed by atoms with E-state index in [-0.39, 0.29) is 23.1 Å². The fourth-order valence-corrected chi connectivity index (χ4v) is 3.98. The first-order chi connectivity index (χ1) is 16.6.